The van der Waals surface area contributed by atoms with Gasteiger partial charge >= 0.3 is 6.09 Å². The van der Waals surface area contributed by atoms with Crippen LogP contribution in [0.25, 0.3) is 0 Å². The Balaban J connectivity index is 2.39. The smallest absolute Gasteiger partial charge is 0.410 e. The van der Waals surface area contributed by atoms with Crippen LogP contribution in [-0.2, 0) is 9.47 Å². The number of rotatable bonds is 3. The third-order valence-electron chi connectivity index (χ3n) is 2.58. The predicted octanol–water partition coefficient (Wildman–Crippen LogP) is 2.81. The molecule has 100 valence electrons. The summed E-state index contributed by atoms with van der Waals surface area (Å²) in [6, 6.07) is 0. The number of hydrogen-bond acceptors (Lipinski definition) is 3. The summed E-state index contributed by atoms with van der Waals surface area (Å²) in [5.74, 6) is 0. The van der Waals surface area contributed by atoms with Crippen LogP contribution in [0.3, 0.4) is 0 Å². The maximum Gasteiger partial charge on any atom is 0.410 e. The Morgan fingerprint density at radius 2 is 1.65 bits per heavy atom. The zero-order valence-corrected chi connectivity index (χ0v) is 11.7. The Labute approximate surface area is 104 Å². The molecule has 0 aliphatic carbocycles. The number of amides is 1. The van der Waals surface area contributed by atoms with Crippen molar-refractivity contribution in [2.24, 2.45) is 0 Å². The van der Waals surface area contributed by atoms with Crippen molar-refractivity contribution in [3.8, 4) is 0 Å². The van der Waals surface area contributed by atoms with Crippen LogP contribution < -0.4 is 0 Å². The summed E-state index contributed by atoms with van der Waals surface area (Å²) >= 11 is 0. The molecule has 1 aliphatic heterocycles. The van der Waals surface area contributed by atoms with Gasteiger partial charge in [-0.3, -0.25) is 0 Å². The van der Waals surface area contributed by atoms with Crippen LogP contribution in [0.2, 0.25) is 0 Å². The van der Waals surface area contributed by atoms with E-state index in [1.807, 2.05) is 34.6 Å². The van der Waals surface area contributed by atoms with Gasteiger partial charge in [0.05, 0.1) is 12.2 Å². The van der Waals surface area contributed by atoms with Crippen LogP contribution in [0.1, 0.15) is 47.5 Å². The third-order valence-corrected chi connectivity index (χ3v) is 2.58. The Bertz CT molecular complexity index is 262. The molecule has 0 aromatic carbocycles. The number of carbonyl (C=O) groups excluding carboxylic acids is 1. The molecule has 17 heavy (non-hydrogen) atoms. The molecular weight excluding hydrogens is 218 g/mol. The topological polar surface area (TPSA) is 38.8 Å². The number of ether oxygens (including phenoxy) is 2. The molecule has 1 fully saturated rings. The average molecular weight is 243 g/mol. The lowest BCUT2D eigenvalue weighted by atomic mass is 10.1. The first-order chi connectivity index (χ1) is 7.70. The maximum atomic E-state index is 11.8. The molecule has 0 aromatic rings. The first-order valence-corrected chi connectivity index (χ1v) is 6.31. The molecule has 0 spiro atoms. The van der Waals surface area contributed by atoms with Gasteiger partial charge in [0.1, 0.15) is 5.60 Å². The lowest BCUT2D eigenvalue weighted by Gasteiger charge is -2.31. The van der Waals surface area contributed by atoms with Gasteiger partial charge in [0.2, 0.25) is 0 Å². The van der Waals surface area contributed by atoms with E-state index < -0.39 is 5.60 Å². The molecule has 0 aromatic heterocycles. The van der Waals surface area contributed by atoms with E-state index in [1.54, 1.807) is 4.90 Å². The van der Waals surface area contributed by atoms with E-state index in [4.69, 9.17) is 9.47 Å². The second kappa shape index (κ2) is 5.25. The summed E-state index contributed by atoms with van der Waals surface area (Å²) in [4.78, 5) is 13.6. The van der Waals surface area contributed by atoms with Gasteiger partial charge < -0.3 is 14.4 Å². The van der Waals surface area contributed by atoms with E-state index >= 15 is 0 Å². The minimum Gasteiger partial charge on any atom is -0.441 e. The molecule has 0 bridgehead atoms. The van der Waals surface area contributed by atoms with Gasteiger partial charge in [-0.25, -0.2) is 4.79 Å². The monoisotopic (exact) mass is 243 g/mol. The fraction of sp³-hybridized carbons (Fsp3) is 0.923. The molecule has 0 N–H and O–H groups in total. The highest BCUT2D eigenvalue weighted by Gasteiger charge is 2.29. The third kappa shape index (κ3) is 5.39. The Morgan fingerprint density at radius 3 is 2.12 bits per heavy atom. The van der Waals surface area contributed by atoms with Crippen LogP contribution in [0, 0.1) is 0 Å². The Morgan fingerprint density at radius 1 is 1.12 bits per heavy atom. The first kappa shape index (κ1) is 14.3. The molecule has 1 saturated heterocycles. The van der Waals surface area contributed by atoms with Crippen molar-refractivity contribution >= 4 is 6.09 Å². The van der Waals surface area contributed by atoms with Gasteiger partial charge in [-0.05, 0) is 47.5 Å². The molecular formula is C13H25NO3. The minimum absolute atomic E-state index is 0.211. The lowest BCUT2D eigenvalue weighted by molar-refractivity contribution is -0.0916. The van der Waals surface area contributed by atoms with E-state index in [2.05, 4.69) is 0 Å². The highest BCUT2D eigenvalue weighted by atomic mass is 16.6. The normalized spacial score (nSPS) is 17.4. The molecule has 0 saturated carbocycles. The molecule has 1 heterocycles. The van der Waals surface area contributed by atoms with E-state index in [0.717, 1.165) is 25.9 Å². The maximum absolute atomic E-state index is 11.8. The summed E-state index contributed by atoms with van der Waals surface area (Å²) in [5, 5.41) is 0. The molecule has 0 unspecified atom stereocenters. The molecule has 1 aliphatic rings. The molecule has 0 atom stereocenters. The van der Waals surface area contributed by atoms with Crippen molar-refractivity contribution in [1.29, 1.82) is 0 Å². The number of likely N-dealkylation sites (tertiary alicyclic amines) is 1. The lowest BCUT2D eigenvalue weighted by Crippen LogP contribution is -2.41. The largest absolute Gasteiger partial charge is 0.441 e. The summed E-state index contributed by atoms with van der Waals surface area (Å²) in [5.41, 5.74) is -0.787. The number of hydrogen-bond donors (Lipinski definition) is 0. The van der Waals surface area contributed by atoms with Crippen LogP contribution in [0.15, 0.2) is 0 Å². The van der Waals surface area contributed by atoms with Crippen molar-refractivity contribution in [1.82, 2.24) is 4.90 Å². The minimum atomic E-state index is -0.576. The van der Waals surface area contributed by atoms with Crippen molar-refractivity contribution in [2.45, 2.75) is 58.7 Å². The second-order valence-electron chi connectivity index (χ2n) is 6.22. The van der Waals surface area contributed by atoms with Gasteiger partial charge in [0.15, 0.2) is 0 Å². The highest BCUT2D eigenvalue weighted by Crippen LogP contribution is 2.18. The zero-order valence-electron chi connectivity index (χ0n) is 11.7. The van der Waals surface area contributed by atoms with Crippen LogP contribution in [0.4, 0.5) is 4.79 Å². The van der Waals surface area contributed by atoms with Gasteiger partial charge in [0, 0.05) is 13.1 Å². The second-order valence-corrected chi connectivity index (χ2v) is 6.22. The predicted molar refractivity (Wildman–Crippen MR) is 67.1 cm³/mol. The van der Waals surface area contributed by atoms with Gasteiger partial charge in [-0.1, -0.05) is 0 Å². The summed E-state index contributed by atoms with van der Waals surface area (Å²) in [7, 11) is 0. The van der Waals surface area contributed by atoms with Crippen molar-refractivity contribution in [3.05, 3.63) is 0 Å². The molecule has 1 amide bonds. The molecule has 0 radical (unpaired) electrons. The van der Waals surface area contributed by atoms with E-state index in [0.29, 0.717) is 6.61 Å². The average Bonchev–Trinajstić information content (AvgIpc) is 2.66. The Hall–Kier alpha value is -0.770. The quantitative estimate of drug-likeness (QED) is 0.765. The van der Waals surface area contributed by atoms with Crippen LogP contribution in [-0.4, -0.2) is 41.9 Å². The number of nitrogens with zero attached hydrogens (tertiary/aromatic N) is 1. The van der Waals surface area contributed by atoms with E-state index in [-0.39, 0.29) is 11.7 Å². The molecule has 4 nitrogen and oxygen atoms in total. The van der Waals surface area contributed by atoms with Gasteiger partial charge in [-0.15, -0.1) is 0 Å². The molecule has 1 rings (SSSR count). The van der Waals surface area contributed by atoms with Gasteiger partial charge in [-0.2, -0.15) is 0 Å². The first-order valence-electron chi connectivity index (χ1n) is 6.31. The van der Waals surface area contributed by atoms with E-state index in [1.165, 1.54) is 0 Å². The fourth-order valence-corrected chi connectivity index (χ4v) is 1.62. The molecule has 4 heteroatoms. The van der Waals surface area contributed by atoms with Gasteiger partial charge in [0.25, 0.3) is 0 Å². The van der Waals surface area contributed by atoms with Crippen LogP contribution >= 0.6 is 0 Å². The van der Waals surface area contributed by atoms with Crippen molar-refractivity contribution in [2.75, 3.05) is 19.7 Å². The zero-order chi connectivity index (χ0) is 13.1. The van der Waals surface area contributed by atoms with Crippen molar-refractivity contribution in [3.63, 3.8) is 0 Å². The summed E-state index contributed by atoms with van der Waals surface area (Å²) < 4.78 is 11.1. The summed E-state index contributed by atoms with van der Waals surface area (Å²) in [6.45, 7) is 11.8. The number of carbonyl (C=O) groups is 1. The summed E-state index contributed by atoms with van der Waals surface area (Å²) in [6.07, 6.45) is 1.94. The SMILES string of the molecule is CC(C)(C)OCC(C)(C)OC(=O)N1CCCC1. The van der Waals surface area contributed by atoms with E-state index in [9.17, 15) is 4.79 Å². The van der Waals surface area contributed by atoms with Crippen LogP contribution in [0.5, 0.6) is 0 Å². The van der Waals surface area contributed by atoms with Crippen molar-refractivity contribution < 1.29 is 14.3 Å². The highest BCUT2D eigenvalue weighted by molar-refractivity contribution is 5.68. The Kier molecular flexibility index (Phi) is 4.42. The fourth-order valence-electron chi connectivity index (χ4n) is 1.62. The standard InChI is InChI=1S/C13H25NO3/c1-12(2,3)16-10-13(4,5)17-11(15)14-8-6-7-9-14/h6-10H2,1-5H3.